The molecule has 0 aliphatic carbocycles. The maximum atomic E-state index is 11.2. The van der Waals surface area contributed by atoms with Crippen LogP contribution in [0.1, 0.15) is 12.0 Å². The molecule has 2 nitrogen and oxygen atoms in total. The molecule has 0 spiro atoms. The molecule has 1 aromatic carbocycles. The molecule has 2 rings (SSSR count). The molecule has 1 amide bonds. The Morgan fingerprint density at radius 3 is 2.62 bits per heavy atom. The van der Waals surface area contributed by atoms with Crippen LogP contribution in [0.5, 0.6) is 0 Å². The summed E-state index contributed by atoms with van der Waals surface area (Å²) >= 11 is 0. The minimum absolute atomic E-state index is 0.0730. The first-order chi connectivity index (χ1) is 6.36. The number of amides is 1. The number of hydrogen-bond donors (Lipinski definition) is 1. The van der Waals surface area contributed by atoms with Crippen LogP contribution in [-0.2, 0) is 4.79 Å². The standard InChI is InChI=1S/C11H11NO/c13-11-10(6-7-12-11)8-9-4-2-1-3-5-9/h1-5,8H,6-7H2,(H,12,13)/b10-8+. The van der Waals surface area contributed by atoms with Gasteiger partial charge in [-0.05, 0) is 18.1 Å². The normalized spacial score (nSPS) is 19.1. The summed E-state index contributed by atoms with van der Waals surface area (Å²) in [4.78, 5) is 11.2. The lowest BCUT2D eigenvalue weighted by Gasteiger charge is -1.94. The van der Waals surface area contributed by atoms with E-state index in [9.17, 15) is 4.79 Å². The molecule has 0 unspecified atom stereocenters. The van der Waals surface area contributed by atoms with Crippen LogP contribution in [0.25, 0.3) is 6.08 Å². The zero-order chi connectivity index (χ0) is 9.10. The van der Waals surface area contributed by atoms with Crippen molar-refractivity contribution < 1.29 is 4.79 Å². The van der Waals surface area contributed by atoms with E-state index in [0.29, 0.717) is 0 Å². The predicted octanol–water partition coefficient (Wildman–Crippen LogP) is 1.59. The van der Waals surface area contributed by atoms with Crippen LogP contribution >= 0.6 is 0 Å². The SMILES string of the molecule is O=C1NCC/C1=C\c1ccccc1. The van der Waals surface area contributed by atoms with Gasteiger partial charge in [0, 0.05) is 12.1 Å². The summed E-state index contributed by atoms with van der Waals surface area (Å²) in [5.74, 6) is 0.0730. The topological polar surface area (TPSA) is 29.1 Å². The molecule has 1 aliphatic rings. The Balaban J connectivity index is 2.25. The fraction of sp³-hybridized carbons (Fsp3) is 0.182. The van der Waals surface area contributed by atoms with E-state index in [1.807, 2.05) is 36.4 Å². The average molecular weight is 173 g/mol. The molecule has 1 saturated heterocycles. The lowest BCUT2D eigenvalue weighted by molar-refractivity contribution is -0.116. The number of benzene rings is 1. The van der Waals surface area contributed by atoms with Crippen molar-refractivity contribution in [3.8, 4) is 0 Å². The summed E-state index contributed by atoms with van der Waals surface area (Å²) in [6, 6.07) is 9.91. The highest BCUT2D eigenvalue weighted by Crippen LogP contribution is 2.12. The first-order valence-electron chi connectivity index (χ1n) is 4.40. The second-order valence-electron chi connectivity index (χ2n) is 3.09. The summed E-state index contributed by atoms with van der Waals surface area (Å²) in [7, 11) is 0. The van der Waals surface area contributed by atoms with Gasteiger partial charge in [-0.1, -0.05) is 30.3 Å². The number of carbonyl (C=O) groups excluding carboxylic acids is 1. The fourth-order valence-corrected chi connectivity index (χ4v) is 1.43. The van der Waals surface area contributed by atoms with E-state index in [1.54, 1.807) is 0 Å². The van der Waals surface area contributed by atoms with Crippen molar-refractivity contribution in [2.45, 2.75) is 6.42 Å². The van der Waals surface area contributed by atoms with Crippen LogP contribution in [0.3, 0.4) is 0 Å². The van der Waals surface area contributed by atoms with Crippen LogP contribution in [0.4, 0.5) is 0 Å². The Hall–Kier alpha value is -1.57. The highest BCUT2D eigenvalue weighted by atomic mass is 16.1. The molecule has 13 heavy (non-hydrogen) atoms. The number of rotatable bonds is 1. The Kier molecular flexibility index (Phi) is 2.13. The Labute approximate surface area is 77.3 Å². The zero-order valence-electron chi connectivity index (χ0n) is 7.29. The smallest absolute Gasteiger partial charge is 0.247 e. The first-order valence-corrected chi connectivity index (χ1v) is 4.40. The van der Waals surface area contributed by atoms with Gasteiger partial charge in [-0.25, -0.2) is 0 Å². The van der Waals surface area contributed by atoms with E-state index in [0.717, 1.165) is 24.1 Å². The summed E-state index contributed by atoms with van der Waals surface area (Å²) in [5.41, 5.74) is 1.97. The molecule has 2 heteroatoms. The fourth-order valence-electron chi connectivity index (χ4n) is 1.43. The monoisotopic (exact) mass is 173 g/mol. The zero-order valence-corrected chi connectivity index (χ0v) is 7.29. The lowest BCUT2D eigenvalue weighted by atomic mass is 10.1. The van der Waals surface area contributed by atoms with Gasteiger partial charge in [0.2, 0.25) is 5.91 Å². The summed E-state index contributed by atoms with van der Waals surface area (Å²) in [6.07, 6.45) is 2.79. The van der Waals surface area contributed by atoms with E-state index in [4.69, 9.17) is 0 Å². The summed E-state index contributed by atoms with van der Waals surface area (Å²) in [5, 5.41) is 2.78. The highest BCUT2D eigenvalue weighted by Gasteiger charge is 2.15. The molecule has 1 aromatic rings. The van der Waals surface area contributed by atoms with Gasteiger partial charge in [-0.3, -0.25) is 4.79 Å². The van der Waals surface area contributed by atoms with Crippen molar-refractivity contribution in [3.63, 3.8) is 0 Å². The molecular formula is C11H11NO. The first kappa shape index (κ1) is 8.05. The van der Waals surface area contributed by atoms with Crippen molar-refractivity contribution in [2.75, 3.05) is 6.54 Å². The van der Waals surface area contributed by atoms with E-state index in [1.165, 1.54) is 0 Å². The number of hydrogen-bond acceptors (Lipinski definition) is 1. The molecule has 66 valence electrons. The minimum atomic E-state index is 0.0730. The van der Waals surface area contributed by atoms with Gasteiger partial charge in [0.25, 0.3) is 0 Å². The quantitative estimate of drug-likeness (QED) is 0.642. The van der Waals surface area contributed by atoms with E-state index in [-0.39, 0.29) is 5.91 Å². The Morgan fingerprint density at radius 1 is 1.23 bits per heavy atom. The third kappa shape index (κ3) is 1.78. The van der Waals surface area contributed by atoms with Crippen molar-refractivity contribution in [3.05, 3.63) is 41.5 Å². The third-order valence-corrected chi connectivity index (χ3v) is 2.11. The van der Waals surface area contributed by atoms with Crippen molar-refractivity contribution >= 4 is 12.0 Å². The largest absolute Gasteiger partial charge is 0.352 e. The van der Waals surface area contributed by atoms with Crippen molar-refractivity contribution in [2.24, 2.45) is 0 Å². The van der Waals surface area contributed by atoms with Gasteiger partial charge in [0.05, 0.1) is 0 Å². The van der Waals surface area contributed by atoms with Gasteiger partial charge in [0.15, 0.2) is 0 Å². The Morgan fingerprint density at radius 2 is 2.00 bits per heavy atom. The molecule has 1 fully saturated rings. The highest BCUT2D eigenvalue weighted by molar-refractivity contribution is 5.99. The second kappa shape index (κ2) is 3.44. The number of carbonyl (C=O) groups is 1. The molecule has 0 bridgehead atoms. The van der Waals surface area contributed by atoms with Crippen molar-refractivity contribution in [1.29, 1.82) is 0 Å². The molecule has 0 saturated carbocycles. The summed E-state index contributed by atoms with van der Waals surface area (Å²) < 4.78 is 0. The maximum Gasteiger partial charge on any atom is 0.247 e. The van der Waals surface area contributed by atoms with E-state index in [2.05, 4.69) is 5.32 Å². The minimum Gasteiger partial charge on any atom is -0.352 e. The van der Waals surface area contributed by atoms with Gasteiger partial charge >= 0.3 is 0 Å². The average Bonchev–Trinajstić information content (AvgIpc) is 2.54. The molecule has 1 heterocycles. The predicted molar refractivity (Wildman–Crippen MR) is 52.0 cm³/mol. The van der Waals surface area contributed by atoms with Crippen LogP contribution in [0, 0.1) is 0 Å². The molecule has 0 aromatic heterocycles. The molecular weight excluding hydrogens is 162 g/mol. The van der Waals surface area contributed by atoms with E-state index >= 15 is 0 Å². The van der Waals surface area contributed by atoms with E-state index < -0.39 is 0 Å². The molecule has 1 aliphatic heterocycles. The van der Waals surface area contributed by atoms with Crippen LogP contribution in [-0.4, -0.2) is 12.5 Å². The molecule has 0 radical (unpaired) electrons. The van der Waals surface area contributed by atoms with Crippen molar-refractivity contribution in [1.82, 2.24) is 5.32 Å². The summed E-state index contributed by atoms with van der Waals surface area (Å²) in [6.45, 7) is 0.775. The van der Waals surface area contributed by atoms with Gasteiger partial charge in [-0.2, -0.15) is 0 Å². The lowest BCUT2D eigenvalue weighted by Crippen LogP contribution is -2.13. The molecule has 0 atom stereocenters. The van der Waals surface area contributed by atoms with Crippen LogP contribution in [0.2, 0.25) is 0 Å². The Bertz CT molecular complexity index is 340. The maximum absolute atomic E-state index is 11.2. The third-order valence-electron chi connectivity index (χ3n) is 2.11. The van der Waals surface area contributed by atoms with Gasteiger partial charge < -0.3 is 5.32 Å². The van der Waals surface area contributed by atoms with Gasteiger partial charge in [0.1, 0.15) is 0 Å². The second-order valence-corrected chi connectivity index (χ2v) is 3.09. The van der Waals surface area contributed by atoms with Crippen LogP contribution in [0.15, 0.2) is 35.9 Å². The number of nitrogens with one attached hydrogen (secondary N) is 1. The molecule has 1 N–H and O–H groups in total. The van der Waals surface area contributed by atoms with Gasteiger partial charge in [-0.15, -0.1) is 0 Å². The van der Waals surface area contributed by atoms with Crippen LogP contribution < -0.4 is 5.32 Å².